The number of aromatic nitrogens is 2. The molecule has 0 spiro atoms. The highest BCUT2D eigenvalue weighted by Crippen LogP contribution is 2.32. The van der Waals surface area contributed by atoms with Gasteiger partial charge in [-0.15, -0.1) is 0 Å². The minimum Gasteiger partial charge on any atom is -0.473 e. The fraction of sp³-hybridized carbons (Fsp3) is 0.714. The number of hydrogen-bond donors (Lipinski definition) is 1. The summed E-state index contributed by atoms with van der Waals surface area (Å²) in [6.07, 6.45) is 4.33. The first kappa shape index (κ1) is 17.1. The molecule has 0 aliphatic carbocycles. The maximum atomic E-state index is 11.3. The molecule has 0 saturated heterocycles. The third-order valence-corrected chi connectivity index (χ3v) is 2.96. The van der Waals surface area contributed by atoms with Gasteiger partial charge in [-0.3, -0.25) is 10.1 Å². The van der Waals surface area contributed by atoms with Crippen molar-refractivity contribution < 1.29 is 9.66 Å². The van der Waals surface area contributed by atoms with E-state index in [0.29, 0.717) is 25.4 Å². The van der Waals surface area contributed by atoms with E-state index < -0.39 is 4.92 Å². The molecule has 7 heteroatoms. The van der Waals surface area contributed by atoms with Crippen molar-refractivity contribution in [1.82, 2.24) is 9.97 Å². The van der Waals surface area contributed by atoms with Crippen LogP contribution in [0.2, 0.25) is 0 Å². The van der Waals surface area contributed by atoms with Crippen LogP contribution in [0.5, 0.6) is 5.88 Å². The molecule has 0 bridgehead atoms. The van der Waals surface area contributed by atoms with Crippen LogP contribution in [-0.2, 0) is 6.42 Å². The van der Waals surface area contributed by atoms with Gasteiger partial charge in [0.2, 0.25) is 5.82 Å². The molecule has 1 aromatic rings. The lowest BCUT2D eigenvalue weighted by Crippen LogP contribution is -2.12. The quantitative estimate of drug-likeness (QED) is 0.404. The van der Waals surface area contributed by atoms with Crippen molar-refractivity contribution >= 4 is 11.5 Å². The summed E-state index contributed by atoms with van der Waals surface area (Å²) in [5.41, 5.74) is -0.167. The van der Waals surface area contributed by atoms with E-state index in [-0.39, 0.29) is 17.4 Å². The van der Waals surface area contributed by atoms with E-state index >= 15 is 0 Å². The van der Waals surface area contributed by atoms with E-state index in [1.54, 1.807) is 0 Å². The Hall–Kier alpha value is -1.92. The van der Waals surface area contributed by atoms with Gasteiger partial charge in [-0.05, 0) is 12.8 Å². The third-order valence-electron chi connectivity index (χ3n) is 2.96. The summed E-state index contributed by atoms with van der Waals surface area (Å²) in [5.74, 6) is 0.872. The monoisotopic (exact) mass is 296 g/mol. The molecule has 0 radical (unpaired) electrons. The number of anilines is 1. The molecule has 0 aromatic carbocycles. The average Bonchev–Trinajstić information content (AvgIpc) is 2.47. The molecule has 1 aromatic heterocycles. The normalized spacial score (nSPS) is 10.4. The summed E-state index contributed by atoms with van der Waals surface area (Å²) < 4.78 is 5.50. The van der Waals surface area contributed by atoms with Crippen LogP contribution in [0.3, 0.4) is 0 Å². The van der Waals surface area contributed by atoms with E-state index in [2.05, 4.69) is 22.2 Å². The molecule has 21 heavy (non-hydrogen) atoms. The van der Waals surface area contributed by atoms with Crippen LogP contribution in [0.1, 0.15) is 52.3 Å². The first-order chi connectivity index (χ1) is 10.1. The Bertz CT molecular complexity index is 435. The van der Waals surface area contributed by atoms with Crippen molar-refractivity contribution in [2.45, 2.75) is 52.9 Å². The maximum Gasteiger partial charge on any atom is 0.372 e. The Morgan fingerprint density at radius 3 is 2.48 bits per heavy atom. The van der Waals surface area contributed by atoms with Gasteiger partial charge < -0.3 is 10.1 Å². The molecule has 118 valence electrons. The molecule has 0 unspecified atom stereocenters. The standard InChI is InChI=1S/C14H24N4O3/c1-4-7-9-15-13-12(18(19)20)14(21-10-8-5-2)17-11(6-3)16-13/h4-10H2,1-3H3,(H,15,16,17). The molecular weight excluding hydrogens is 272 g/mol. The van der Waals surface area contributed by atoms with E-state index in [1.165, 1.54) is 0 Å². The van der Waals surface area contributed by atoms with Crippen molar-refractivity contribution in [3.05, 3.63) is 15.9 Å². The van der Waals surface area contributed by atoms with Crippen LogP contribution in [-0.4, -0.2) is 28.0 Å². The van der Waals surface area contributed by atoms with Gasteiger partial charge in [-0.2, -0.15) is 4.98 Å². The molecule has 1 N–H and O–H groups in total. The van der Waals surface area contributed by atoms with Crippen molar-refractivity contribution in [2.75, 3.05) is 18.5 Å². The van der Waals surface area contributed by atoms with Crippen LogP contribution in [0.25, 0.3) is 0 Å². The molecule has 0 fully saturated rings. The molecule has 0 aliphatic heterocycles. The van der Waals surface area contributed by atoms with Crippen molar-refractivity contribution in [3.63, 3.8) is 0 Å². The fourth-order valence-corrected chi connectivity index (χ4v) is 1.72. The van der Waals surface area contributed by atoms with Crippen molar-refractivity contribution in [2.24, 2.45) is 0 Å². The van der Waals surface area contributed by atoms with Crippen LogP contribution in [0.15, 0.2) is 0 Å². The zero-order valence-electron chi connectivity index (χ0n) is 13.0. The summed E-state index contributed by atoms with van der Waals surface area (Å²) in [7, 11) is 0. The number of ether oxygens (including phenoxy) is 1. The Morgan fingerprint density at radius 2 is 1.90 bits per heavy atom. The maximum absolute atomic E-state index is 11.3. The predicted octanol–water partition coefficient (Wildman–Crippen LogP) is 3.34. The number of nitro groups is 1. The van der Waals surface area contributed by atoms with E-state index in [0.717, 1.165) is 25.7 Å². The summed E-state index contributed by atoms with van der Waals surface area (Å²) in [6, 6.07) is 0. The van der Waals surface area contributed by atoms with Crippen molar-refractivity contribution in [1.29, 1.82) is 0 Å². The predicted molar refractivity (Wildman–Crippen MR) is 81.9 cm³/mol. The van der Waals surface area contributed by atoms with Crippen LogP contribution in [0.4, 0.5) is 11.5 Å². The Balaban J connectivity index is 3.06. The largest absolute Gasteiger partial charge is 0.473 e. The lowest BCUT2D eigenvalue weighted by atomic mass is 10.3. The Kier molecular flexibility index (Phi) is 7.42. The second-order valence-electron chi connectivity index (χ2n) is 4.74. The first-order valence-corrected chi connectivity index (χ1v) is 7.55. The van der Waals surface area contributed by atoms with Crippen molar-refractivity contribution in [3.8, 4) is 5.88 Å². The van der Waals surface area contributed by atoms with Gasteiger partial charge in [0.25, 0.3) is 5.88 Å². The molecule has 1 rings (SSSR count). The number of aryl methyl sites for hydroxylation is 1. The highest BCUT2D eigenvalue weighted by Gasteiger charge is 2.25. The summed E-state index contributed by atoms with van der Waals surface area (Å²) in [4.78, 5) is 19.2. The summed E-state index contributed by atoms with van der Waals surface area (Å²) >= 11 is 0. The van der Waals surface area contributed by atoms with Gasteiger partial charge in [-0.25, -0.2) is 4.98 Å². The number of nitrogens with zero attached hydrogens (tertiary/aromatic N) is 3. The zero-order valence-corrected chi connectivity index (χ0v) is 13.0. The molecule has 1 heterocycles. The molecule has 0 atom stereocenters. The van der Waals surface area contributed by atoms with Gasteiger partial charge in [0.15, 0.2) is 0 Å². The van der Waals surface area contributed by atoms with E-state index in [1.807, 2.05) is 13.8 Å². The fourth-order valence-electron chi connectivity index (χ4n) is 1.72. The number of rotatable bonds is 10. The first-order valence-electron chi connectivity index (χ1n) is 7.55. The molecule has 7 nitrogen and oxygen atoms in total. The minimum atomic E-state index is -0.477. The van der Waals surface area contributed by atoms with Gasteiger partial charge in [0.05, 0.1) is 11.5 Å². The second-order valence-corrected chi connectivity index (χ2v) is 4.74. The number of unbranched alkanes of at least 4 members (excludes halogenated alkanes) is 2. The number of hydrogen-bond acceptors (Lipinski definition) is 6. The smallest absolute Gasteiger partial charge is 0.372 e. The minimum absolute atomic E-state index is 0.0688. The average molecular weight is 296 g/mol. The highest BCUT2D eigenvalue weighted by atomic mass is 16.6. The Labute approximate surface area is 125 Å². The molecule has 0 saturated carbocycles. The van der Waals surface area contributed by atoms with Gasteiger partial charge in [0.1, 0.15) is 5.82 Å². The molecule has 0 amide bonds. The molecule has 0 aliphatic rings. The highest BCUT2D eigenvalue weighted by molar-refractivity contribution is 5.61. The Morgan fingerprint density at radius 1 is 1.19 bits per heavy atom. The summed E-state index contributed by atoms with van der Waals surface area (Å²) in [5, 5.41) is 14.3. The lowest BCUT2D eigenvalue weighted by Gasteiger charge is -2.11. The van der Waals surface area contributed by atoms with Gasteiger partial charge in [0, 0.05) is 13.0 Å². The third kappa shape index (κ3) is 5.17. The zero-order chi connectivity index (χ0) is 15.7. The van der Waals surface area contributed by atoms with Gasteiger partial charge in [-0.1, -0.05) is 33.6 Å². The topological polar surface area (TPSA) is 90.2 Å². The summed E-state index contributed by atoms with van der Waals surface area (Å²) in [6.45, 7) is 7.07. The van der Waals surface area contributed by atoms with Crippen LogP contribution in [0, 0.1) is 10.1 Å². The van der Waals surface area contributed by atoms with E-state index in [4.69, 9.17) is 4.74 Å². The SMILES string of the molecule is CCCCNc1nc(CC)nc(OCCCC)c1[N+](=O)[O-]. The van der Waals surface area contributed by atoms with Gasteiger partial charge >= 0.3 is 5.69 Å². The van der Waals surface area contributed by atoms with E-state index in [9.17, 15) is 10.1 Å². The number of nitrogens with one attached hydrogen (secondary N) is 1. The second kappa shape index (κ2) is 9.10. The molecular formula is C14H24N4O3. The van der Waals surface area contributed by atoms with Crippen LogP contribution >= 0.6 is 0 Å². The van der Waals surface area contributed by atoms with Crippen LogP contribution < -0.4 is 10.1 Å². The lowest BCUT2D eigenvalue weighted by molar-refractivity contribution is -0.385.